The van der Waals surface area contributed by atoms with Crippen LogP contribution in [0.2, 0.25) is 0 Å². The smallest absolute Gasteiger partial charge is 0.335 e. The lowest BCUT2D eigenvalue weighted by molar-refractivity contribution is -0.172. The van der Waals surface area contributed by atoms with Crippen LogP contribution in [0.4, 0.5) is 0 Å². The van der Waals surface area contributed by atoms with E-state index in [-0.39, 0.29) is 0 Å². The second kappa shape index (κ2) is 8.81. The molecule has 0 bridgehead atoms. The van der Waals surface area contributed by atoms with Gasteiger partial charge < -0.3 is 35.1 Å². The van der Waals surface area contributed by atoms with E-state index in [0.29, 0.717) is 12.0 Å². The summed E-state index contributed by atoms with van der Waals surface area (Å²) in [7, 11) is 0. The summed E-state index contributed by atoms with van der Waals surface area (Å²) in [6.45, 7) is 0. The van der Waals surface area contributed by atoms with Crippen LogP contribution in [-0.2, 0) is 9.59 Å². The van der Waals surface area contributed by atoms with E-state index in [1.54, 1.807) is 12.1 Å². The van der Waals surface area contributed by atoms with E-state index >= 15 is 0 Å². The van der Waals surface area contributed by atoms with Gasteiger partial charge in [0.1, 0.15) is 12.2 Å². The Morgan fingerprint density at radius 2 is 1.43 bits per heavy atom. The van der Waals surface area contributed by atoms with Crippen molar-refractivity contribution in [1.82, 2.24) is 0 Å². The third-order valence-corrected chi connectivity index (χ3v) is 2.16. The number of aldehydes is 1. The maximum atomic E-state index is 10.1. The lowest BCUT2D eigenvalue weighted by atomic mass is 10.0. The maximum absolute atomic E-state index is 10.1. The predicted octanol–water partition coefficient (Wildman–Crippen LogP) is -2.31. The van der Waals surface area contributed by atoms with Crippen molar-refractivity contribution in [2.45, 2.75) is 24.4 Å². The van der Waals surface area contributed by atoms with Crippen LogP contribution >= 0.6 is 0 Å². The molecule has 1 aromatic heterocycles. The quantitative estimate of drug-likeness (QED) is 0.312. The molecule has 0 fully saturated rings. The van der Waals surface area contributed by atoms with E-state index in [4.69, 9.17) is 30.6 Å². The average molecular weight is 306 g/mol. The highest BCUT2D eigenvalue weighted by Gasteiger charge is 2.37. The van der Waals surface area contributed by atoms with Crippen LogP contribution < -0.4 is 0 Å². The van der Waals surface area contributed by atoms with E-state index in [1.165, 1.54) is 6.26 Å². The highest BCUT2D eigenvalue weighted by Crippen LogP contribution is 2.05. The summed E-state index contributed by atoms with van der Waals surface area (Å²) in [6.07, 6.45) is -7.15. The van der Waals surface area contributed by atoms with Crippen molar-refractivity contribution >= 4 is 18.2 Å². The van der Waals surface area contributed by atoms with E-state index in [2.05, 4.69) is 4.42 Å². The van der Waals surface area contributed by atoms with E-state index in [0.717, 1.165) is 0 Å². The molecule has 1 aromatic rings. The molecule has 0 aromatic carbocycles. The van der Waals surface area contributed by atoms with Crippen molar-refractivity contribution in [3.63, 3.8) is 0 Å². The van der Waals surface area contributed by atoms with Crippen molar-refractivity contribution in [1.29, 1.82) is 0 Å². The molecule has 1 rings (SSSR count). The van der Waals surface area contributed by atoms with Gasteiger partial charge in [0.25, 0.3) is 0 Å². The van der Waals surface area contributed by atoms with Gasteiger partial charge in [0.15, 0.2) is 24.3 Å². The van der Waals surface area contributed by atoms with Gasteiger partial charge in [-0.2, -0.15) is 0 Å². The first-order chi connectivity index (χ1) is 9.72. The van der Waals surface area contributed by atoms with E-state index in [1.807, 2.05) is 0 Å². The summed E-state index contributed by atoms with van der Waals surface area (Å²) in [5, 5.41) is 51.5. The minimum absolute atomic E-state index is 0.375. The van der Waals surface area contributed by atoms with E-state index < -0.39 is 36.4 Å². The molecule has 1 heterocycles. The fourth-order valence-electron chi connectivity index (χ4n) is 1.02. The summed E-state index contributed by atoms with van der Waals surface area (Å²) < 4.78 is 4.61. The fraction of sp³-hybridized carbons (Fsp3) is 0.364. The fourth-order valence-corrected chi connectivity index (χ4v) is 1.02. The Balaban J connectivity index is 0.000000471. The van der Waals surface area contributed by atoms with Crippen LogP contribution in [0.3, 0.4) is 0 Å². The second-order valence-electron chi connectivity index (χ2n) is 3.68. The molecule has 118 valence electrons. The van der Waals surface area contributed by atoms with Gasteiger partial charge in [-0.1, -0.05) is 0 Å². The van der Waals surface area contributed by atoms with Gasteiger partial charge in [0.05, 0.1) is 6.26 Å². The molecule has 0 aliphatic heterocycles. The molecule has 0 aliphatic carbocycles. The monoisotopic (exact) mass is 306 g/mol. The zero-order valence-corrected chi connectivity index (χ0v) is 10.4. The molecule has 0 amide bonds. The lowest BCUT2D eigenvalue weighted by Crippen LogP contribution is -2.49. The van der Waals surface area contributed by atoms with Gasteiger partial charge in [0, 0.05) is 0 Å². The summed E-state index contributed by atoms with van der Waals surface area (Å²) >= 11 is 0. The van der Waals surface area contributed by atoms with Crippen molar-refractivity contribution in [2.24, 2.45) is 0 Å². The van der Waals surface area contributed by atoms with Gasteiger partial charge in [0.2, 0.25) is 0 Å². The third-order valence-electron chi connectivity index (χ3n) is 2.16. The minimum Gasteiger partial charge on any atom is -0.479 e. The number of carboxylic acid groups (broad SMARTS) is 2. The zero-order valence-electron chi connectivity index (χ0n) is 10.4. The average Bonchev–Trinajstić information content (AvgIpc) is 2.97. The largest absolute Gasteiger partial charge is 0.479 e. The molecule has 4 atom stereocenters. The summed E-state index contributed by atoms with van der Waals surface area (Å²) in [4.78, 5) is 29.9. The molecule has 21 heavy (non-hydrogen) atoms. The Morgan fingerprint density at radius 1 is 1.00 bits per heavy atom. The Hall–Kier alpha value is -2.27. The van der Waals surface area contributed by atoms with Gasteiger partial charge >= 0.3 is 11.9 Å². The molecule has 0 saturated heterocycles. The normalized spacial score (nSPS) is 15.8. The number of aliphatic hydroxyl groups excluding tert-OH is 4. The number of rotatable bonds is 6. The third kappa shape index (κ3) is 6.14. The molecular weight excluding hydrogens is 292 g/mol. The molecule has 0 spiro atoms. The second-order valence-corrected chi connectivity index (χ2v) is 3.68. The van der Waals surface area contributed by atoms with Gasteiger partial charge in [-0.15, -0.1) is 0 Å². The first-order valence-corrected chi connectivity index (χ1v) is 5.39. The highest BCUT2D eigenvalue weighted by molar-refractivity contribution is 5.75. The zero-order chi connectivity index (χ0) is 16.6. The number of hydrogen-bond acceptors (Lipinski definition) is 8. The Morgan fingerprint density at radius 3 is 1.62 bits per heavy atom. The first-order valence-electron chi connectivity index (χ1n) is 5.39. The highest BCUT2D eigenvalue weighted by atomic mass is 16.4. The predicted molar refractivity (Wildman–Crippen MR) is 63.4 cm³/mol. The Kier molecular flexibility index (Phi) is 7.86. The van der Waals surface area contributed by atoms with Crippen LogP contribution in [0.25, 0.3) is 0 Å². The van der Waals surface area contributed by atoms with Gasteiger partial charge in [-0.05, 0) is 12.1 Å². The van der Waals surface area contributed by atoms with Crippen molar-refractivity contribution in [2.75, 3.05) is 0 Å². The first kappa shape index (κ1) is 18.7. The number of carbonyl (C=O) groups is 3. The number of carboxylic acids is 2. The van der Waals surface area contributed by atoms with Gasteiger partial charge in [-0.25, -0.2) is 9.59 Å². The minimum atomic E-state index is -2.36. The molecule has 0 radical (unpaired) electrons. The molecule has 6 N–H and O–H groups in total. The molecule has 10 nitrogen and oxygen atoms in total. The van der Waals surface area contributed by atoms with E-state index in [9.17, 15) is 14.4 Å². The number of aliphatic carboxylic acids is 2. The number of furan rings is 1. The van der Waals surface area contributed by atoms with Crippen molar-refractivity contribution in [3.05, 3.63) is 24.2 Å². The topological polar surface area (TPSA) is 186 Å². The molecule has 10 heteroatoms. The van der Waals surface area contributed by atoms with Crippen LogP contribution in [0.1, 0.15) is 10.6 Å². The van der Waals surface area contributed by atoms with Crippen molar-refractivity contribution in [3.8, 4) is 0 Å². The number of carbonyl (C=O) groups excluding carboxylic acids is 1. The molecule has 0 saturated carbocycles. The summed E-state index contributed by atoms with van der Waals surface area (Å²) in [6, 6.07) is 3.27. The van der Waals surface area contributed by atoms with Crippen LogP contribution in [-0.4, -0.2) is 73.3 Å². The Bertz CT molecular complexity index is 430. The standard InChI is InChI=1S/C6H10O8.C5H4O2/c7-1(3(9)5(11)12)2(8)4(10)6(13)14;6-4-5-2-1-3-7-5/h1-4,7-10H,(H,11,12)(H,13,14);1-4H. The SMILES string of the molecule is O=C(O)C(O)C(O)C(O)C(O)C(=O)O.O=Cc1ccco1. The maximum Gasteiger partial charge on any atom is 0.335 e. The molecule has 0 aliphatic rings. The van der Waals surface area contributed by atoms with Crippen LogP contribution in [0, 0.1) is 0 Å². The number of hydrogen-bond donors (Lipinski definition) is 6. The summed E-state index contributed by atoms with van der Waals surface area (Å²) in [5.41, 5.74) is 0. The van der Waals surface area contributed by atoms with Crippen LogP contribution in [0.5, 0.6) is 0 Å². The summed E-state index contributed by atoms with van der Waals surface area (Å²) in [5.74, 6) is -3.30. The lowest BCUT2D eigenvalue weighted by Gasteiger charge is -2.21. The molecule has 4 unspecified atom stereocenters. The number of aliphatic hydroxyl groups is 4. The van der Waals surface area contributed by atoms with Gasteiger partial charge in [-0.3, -0.25) is 4.79 Å². The molecular formula is C11H14O10. The van der Waals surface area contributed by atoms with Crippen molar-refractivity contribution < 1.29 is 49.4 Å². The Labute approximate surface area is 117 Å². The van der Waals surface area contributed by atoms with Crippen LogP contribution in [0.15, 0.2) is 22.8 Å².